The first kappa shape index (κ1) is 24.3. The Labute approximate surface area is 205 Å². The molecule has 3 heterocycles. The van der Waals surface area contributed by atoms with E-state index in [4.69, 9.17) is 0 Å². The molecule has 1 atom stereocenters. The van der Waals surface area contributed by atoms with Gasteiger partial charge in [0, 0.05) is 25.3 Å². The Morgan fingerprint density at radius 3 is 2.71 bits per heavy atom. The zero-order valence-electron chi connectivity index (χ0n) is 19.4. The van der Waals surface area contributed by atoms with Crippen LogP contribution in [0.5, 0.6) is 0 Å². The van der Waals surface area contributed by atoms with Crippen molar-refractivity contribution >= 4 is 50.3 Å². The van der Waals surface area contributed by atoms with Crippen LogP contribution in [0.3, 0.4) is 0 Å². The molecule has 184 valence electrons. The second-order valence-corrected chi connectivity index (χ2v) is 9.10. The van der Waals surface area contributed by atoms with Crippen LogP contribution in [0.4, 0.5) is 10.8 Å². The van der Waals surface area contributed by atoms with Gasteiger partial charge in [0.1, 0.15) is 17.6 Å². The van der Waals surface area contributed by atoms with E-state index in [9.17, 15) is 19.2 Å². The number of carbonyl (C=O) groups is 3. The van der Waals surface area contributed by atoms with Crippen molar-refractivity contribution in [3.8, 4) is 0 Å². The highest BCUT2D eigenvalue weighted by Gasteiger charge is 2.27. The third-order valence-electron chi connectivity index (χ3n) is 5.69. The van der Waals surface area contributed by atoms with Crippen molar-refractivity contribution in [1.82, 2.24) is 19.9 Å². The van der Waals surface area contributed by atoms with Crippen LogP contribution in [-0.4, -0.2) is 59.1 Å². The van der Waals surface area contributed by atoms with E-state index in [1.165, 1.54) is 41.5 Å². The first-order chi connectivity index (χ1) is 16.9. The highest BCUT2D eigenvalue weighted by molar-refractivity contribution is 7.22. The summed E-state index contributed by atoms with van der Waals surface area (Å²) in [6.07, 6.45) is 2.98. The number of aromatic nitrogens is 3. The fourth-order valence-corrected chi connectivity index (χ4v) is 4.93. The summed E-state index contributed by atoms with van der Waals surface area (Å²) in [5, 5.41) is 6.21. The third-order valence-corrected chi connectivity index (χ3v) is 6.78. The number of hydrogen-bond donors (Lipinski definition) is 2. The lowest BCUT2D eigenvalue weighted by molar-refractivity contribution is -0.125. The number of rotatable bonds is 7. The van der Waals surface area contributed by atoms with Crippen LogP contribution in [0, 0.1) is 5.92 Å². The van der Waals surface area contributed by atoms with Crippen LogP contribution >= 0.6 is 11.3 Å². The Morgan fingerprint density at radius 1 is 1.23 bits per heavy atom. The van der Waals surface area contributed by atoms with Crippen molar-refractivity contribution in [2.24, 2.45) is 5.92 Å². The predicted molar refractivity (Wildman–Crippen MR) is 132 cm³/mol. The molecule has 2 amide bonds. The number of hydrogen-bond acceptors (Lipinski definition) is 9. The smallest absolute Gasteiger partial charge is 0.337 e. The summed E-state index contributed by atoms with van der Waals surface area (Å²) in [6, 6.07) is 6.24. The Balaban J connectivity index is 1.46. The summed E-state index contributed by atoms with van der Waals surface area (Å²) >= 11 is 1.22. The van der Waals surface area contributed by atoms with Gasteiger partial charge in [0.05, 0.1) is 18.6 Å². The number of piperidine rings is 1. The fraction of sp³-hybridized carbons (Fsp3) is 0.391. The molecular formula is C23H26N6O5S. The van der Waals surface area contributed by atoms with Gasteiger partial charge >= 0.3 is 5.97 Å². The molecule has 11 nitrogen and oxygen atoms in total. The molecule has 4 rings (SSSR count). The number of thiazole rings is 1. The molecule has 0 saturated carbocycles. The van der Waals surface area contributed by atoms with Gasteiger partial charge in [0.25, 0.3) is 5.56 Å². The van der Waals surface area contributed by atoms with Crippen LogP contribution in [0.15, 0.2) is 35.4 Å². The lowest BCUT2D eigenvalue weighted by Crippen LogP contribution is -2.43. The van der Waals surface area contributed by atoms with E-state index in [1.54, 1.807) is 12.1 Å². The number of nitrogens with zero attached hydrogens (tertiary/aromatic N) is 4. The number of ether oxygens (including phenoxy) is 1. The average molecular weight is 499 g/mol. The summed E-state index contributed by atoms with van der Waals surface area (Å²) in [5.74, 6) is -0.970. The number of fused-ring (bicyclic) bond motifs is 1. The Bertz CT molecular complexity index is 1300. The normalized spacial score (nSPS) is 15.6. The first-order valence-electron chi connectivity index (χ1n) is 11.3. The zero-order valence-corrected chi connectivity index (χ0v) is 20.3. The van der Waals surface area contributed by atoms with Gasteiger partial charge in [0.2, 0.25) is 11.8 Å². The van der Waals surface area contributed by atoms with Gasteiger partial charge < -0.3 is 20.3 Å². The zero-order chi connectivity index (χ0) is 24.9. The number of esters is 1. The standard InChI is InChI=1S/C23H26N6O5S/c1-3-24-20(31)15-5-4-10-28(11-15)23-27-19-18(35-23)21(32)29(13-25-19)12-17(30)26-16-8-6-14(7-9-16)22(33)34-2/h6-9,13,15H,3-5,10-12H2,1-2H3,(H,24,31)(H,26,30). The molecular weight excluding hydrogens is 472 g/mol. The van der Waals surface area contributed by atoms with E-state index in [0.29, 0.717) is 39.8 Å². The lowest BCUT2D eigenvalue weighted by atomic mass is 9.97. The minimum atomic E-state index is -0.470. The number of benzene rings is 1. The molecule has 0 spiro atoms. The molecule has 0 bridgehead atoms. The van der Waals surface area contributed by atoms with Gasteiger partial charge in [0.15, 0.2) is 10.8 Å². The molecule has 1 aliphatic heterocycles. The quantitative estimate of drug-likeness (QED) is 0.469. The van der Waals surface area contributed by atoms with Gasteiger partial charge in [-0.05, 0) is 44.0 Å². The highest BCUT2D eigenvalue weighted by atomic mass is 32.1. The minimum absolute atomic E-state index is 0.0322. The Kier molecular flexibility index (Phi) is 7.39. The van der Waals surface area contributed by atoms with Crippen LogP contribution in [-0.2, 0) is 20.9 Å². The van der Waals surface area contributed by atoms with Gasteiger partial charge in [-0.3, -0.25) is 19.0 Å². The highest BCUT2D eigenvalue weighted by Crippen LogP contribution is 2.29. The van der Waals surface area contributed by atoms with Crippen molar-refractivity contribution in [3.05, 3.63) is 46.5 Å². The molecule has 1 unspecified atom stereocenters. The lowest BCUT2D eigenvalue weighted by Gasteiger charge is -2.31. The maximum absolute atomic E-state index is 13.0. The molecule has 1 saturated heterocycles. The van der Waals surface area contributed by atoms with E-state index < -0.39 is 11.9 Å². The molecule has 0 radical (unpaired) electrons. The second-order valence-electron chi connectivity index (χ2n) is 8.12. The van der Waals surface area contributed by atoms with E-state index in [0.717, 1.165) is 19.4 Å². The van der Waals surface area contributed by atoms with Gasteiger partial charge in [-0.1, -0.05) is 11.3 Å². The van der Waals surface area contributed by atoms with E-state index in [1.807, 2.05) is 11.8 Å². The summed E-state index contributed by atoms with van der Waals surface area (Å²) in [6.45, 7) is 3.55. The second kappa shape index (κ2) is 10.6. The van der Waals surface area contributed by atoms with E-state index in [2.05, 4.69) is 25.3 Å². The number of anilines is 2. The van der Waals surface area contributed by atoms with Gasteiger partial charge in [-0.15, -0.1) is 0 Å². The number of nitrogens with one attached hydrogen (secondary N) is 2. The van der Waals surface area contributed by atoms with Crippen molar-refractivity contribution in [3.63, 3.8) is 0 Å². The molecule has 1 fully saturated rings. The largest absolute Gasteiger partial charge is 0.465 e. The molecule has 12 heteroatoms. The summed E-state index contributed by atoms with van der Waals surface area (Å²) in [7, 11) is 1.29. The Morgan fingerprint density at radius 2 is 2.00 bits per heavy atom. The van der Waals surface area contributed by atoms with Crippen molar-refractivity contribution in [1.29, 1.82) is 0 Å². The average Bonchev–Trinajstić information content (AvgIpc) is 3.31. The first-order valence-corrected chi connectivity index (χ1v) is 12.1. The fourth-order valence-electron chi connectivity index (χ4n) is 3.93. The van der Waals surface area contributed by atoms with Gasteiger partial charge in [-0.25, -0.2) is 9.78 Å². The number of methoxy groups -OCH3 is 1. The molecule has 1 aromatic carbocycles. The maximum atomic E-state index is 13.0. The van der Waals surface area contributed by atoms with Crippen LogP contribution in [0.2, 0.25) is 0 Å². The minimum Gasteiger partial charge on any atom is -0.465 e. The molecule has 0 aliphatic carbocycles. The molecule has 3 aromatic rings. The van der Waals surface area contributed by atoms with Crippen molar-refractivity contribution < 1.29 is 19.1 Å². The van der Waals surface area contributed by atoms with Gasteiger partial charge in [-0.2, -0.15) is 4.98 Å². The molecule has 35 heavy (non-hydrogen) atoms. The SMILES string of the molecule is CCNC(=O)C1CCCN(c2nc3ncn(CC(=O)Nc4ccc(C(=O)OC)cc4)c(=O)c3s2)C1. The van der Waals surface area contributed by atoms with Crippen LogP contribution in [0.25, 0.3) is 10.3 Å². The third kappa shape index (κ3) is 5.48. The Hall–Kier alpha value is -3.80. The molecule has 2 N–H and O–H groups in total. The van der Waals surface area contributed by atoms with Crippen LogP contribution in [0.1, 0.15) is 30.1 Å². The topological polar surface area (TPSA) is 136 Å². The summed E-state index contributed by atoms with van der Waals surface area (Å²) in [4.78, 5) is 60.1. The van der Waals surface area contributed by atoms with Crippen LogP contribution < -0.4 is 21.1 Å². The molecule has 1 aliphatic rings. The maximum Gasteiger partial charge on any atom is 0.337 e. The summed E-state index contributed by atoms with van der Waals surface area (Å²) in [5.41, 5.74) is 0.817. The van der Waals surface area contributed by atoms with Crippen molar-refractivity contribution in [2.45, 2.75) is 26.3 Å². The summed E-state index contributed by atoms with van der Waals surface area (Å²) < 4.78 is 6.25. The predicted octanol–water partition coefficient (Wildman–Crippen LogP) is 1.63. The number of amides is 2. The molecule has 2 aromatic heterocycles. The number of carbonyl (C=O) groups excluding carboxylic acids is 3. The van der Waals surface area contributed by atoms with E-state index >= 15 is 0 Å². The van der Waals surface area contributed by atoms with E-state index in [-0.39, 0.29) is 23.9 Å². The monoisotopic (exact) mass is 498 g/mol. The van der Waals surface area contributed by atoms with Crippen molar-refractivity contribution in [2.75, 3.05) is 37.0 Å².